The Bertz CT molecular complexity index is 14.4. The highest BCUT2D eigenvalue weighted by Gasteiger charge is 1.67. The Kier molecular flexibility index (Phi) is 4.42. The Morgan fingerprint density at radius 3 is 2.40 bits per heavy atom. The van der Waals surface area contributed by atoms with Crippen LogP contribution in [0, 0.1) is 0 Å². The van der Waals surface area contributed by atoms with Gasteiger partial charge in [-0.25, -0.2) is 5.26 Å². The Morgan fingerprint density at radius 1 is 1.80 bits per heavy atom. The predicted molar refractivity (Wildman–Crippen MR) is 18.3 cm³/mol. The molecule has 0 rings (SSSR count). The highest BCUT2D eigenvalue weighted by molar-refractivity contribution is 7.93. The van der Waals surface area contributed by atoms with E-state index in [2.05, 4.69) is 9.37 Å². The highest BCUT2D eigenvalue weighted by atomic mass is 32.2. The van der Waals surface area contributed by atoms with Crippen LogP contribution < -0.4 is 0 Å². The fourth-order valence-corrected chi connectivity index (χ4v) is 0.0913. The van der Waals surface area contributed by atoms with Crippen molar-refractivity contribution in [2.45, 2.75) is 0 Å². The van der Waals surface area contributed by atoms with Crippen LogP contribution in [0.4, 0.5) is 0 Å². The van der Waals surface area contributed by atoms with Crippen molar-refractivity contribution in [2.75, 3.05) is 6.26 Å². The lowest BCUT2D eigenvalue weighted by Gasteiger charge is -1.80. The molecule has 0 aromatic rings. The summed E-state index contributed by atoms with van der Waals surface area (Å²) in [6.45, 7) is 0. The van der Waals surface area contributed by atoms with Gasteiger partial charge in [-0.1, -0.05) is 5.04 Å². The fraction of sp³-hybridized carbons (Fsp3) is 1.00. The molecule has 0 radical (unpaired) electrons. The second-order valence-corrected chi connectivity index (χ2v) is 0.779. The van der Waals surface area contributed by atoms with Gasteiger partial charge in [-0.2, -0.15) is 0 Å². The number of hydrogen-bond acceptors (Lipinski definition) is 4. The van der Waals surface area contributed by atoms with E-state index in [0.717, 1.165) is 12.0 Å². The SMILES string of the molecule is CSOOO. The van der Waals surface area contributed by atoms with Gasteiger partial charge in [0.05, 0.1) is 0 Å². The van der Waals surface area contributed by atoms with Gasteiger partial charge in [0.15, 0.2) is 0 Å². The molecule has 0 aromatic carbocycles. The van der Waals surface area contributed by atoms with Crippen molar-refractivity contribution in [1.82, 2.24) is 0 Å². The Morgan fingerprint density at radius 2 is 2.40 bits per heavy atom. The smallest absolute Gasteiger partial charge is 0.0311 e. The predicted octanol–water partition coefficient (Wildman–Crippen LogP) is 0.686. The summed E-state index contributed by atoms with van der Waals surface area (Å²) in [6, 6.07) is 0. The molecular weight excluding hydrogens is 92.1 g/mol. The first-order valence-corrected chi connectivity index (χ1v) is 2.07. The average Bonchev–Trinajstić information content (AvgIpc) is 1.41. The van der Waals surface area contributed by atoms with Gasteiger partial charge >= 0.3 is 0 Å². The van der Waals surface area contributed by atoms with E-state index in [9.17, 15) is 0 Å². The molecule has 4 heteroatoms. The molecule has 0 bridgehead atoms. The summed E-state index contributed by atoms with van der Waals surface area (Å²) in [5.41, 5.74) is 0. The van der Waals surface area contributed by atoms with Crippen LogP contribution in [0.25, 0.3) is 0 Å². The molecule has 0 aromatic heterocycles. The molecule has 1 N–H and O–H groups in total. The summed E-state index contributed by atoms with van der Waals surface area (Å²) >= 11 is 0.929. The number of hydrogen-bond donors (Lipinski definition) is 1. The van der Waals surface area contributed by atoms with E-state index in [1.807, 2.05) is 0 Å². The minimum atomic E-state index is 0.929. The van der Waals surface area contributed by atoms with Crippen molar-refractivity contribution in [3.05, 3.63) is 0 Å². The molecular formula is CH4O3S. The van der Waals surface area contributed by atoms with E-state index in [0.29, 0.717) is 0 Å². The largest absolute Gasteiger partial charge is 0.220 e. The van der Waals surface area contributed by atoms with Gasteiger partial charge in [0.2, 0.25) is 0 Å². The van der Waals surface area contributed by atoms with E-state index in [1.54, 1.807) is 6.26 Å². The minimum absolute atomic E-state index is 0.929. The van der Waals surface area contributed by atoms with Gasteiger partial charge in [0.1, 0.15) is 0 Å². The van der Waals surface area contributed by atoms with Crippen LogP contribution in [0.15, 0.2) is 0 Å². The monoisotopic (exact) mass is 96.0 g/mol. The van der Waals surface area contributed by atoms with Crippen LogP contribution in [0.1, 0.15) is 0 Å². The van der Waals surface area contributed by atoms with E-state index >= 15 is 0 Å². The second-order valence-electron chi connectivity index (χ2n) is 0.309. The van der Waals surface area contributed by atoms with Crippen molar-refractivity contribution in [3.63, 3.8) is 0 Å². The van der Waals surface area contributed by atoms with E-state index < -0.39 is 0 Å². The van der Waals surface area contributed by atoms with E-state index in [4.69, 9.17) is 5.26 Å². The average molecular weight is 96.1 g/mol. The maximum absolute atomic E-state index is 7.32. The third-order valence-electron chi connectivity index (χ3n) is 0.0985. The molecule has 32 valence electrons. The van der Waals surface area contributed by atoms with Gasteiger partial charge in [-0.05, 0) is 0 Å². The normalized spacial score (nSPS) is 8.40. The van der Waals surface area contributed by atoms with Crippen LogP contribution in [-0.4, -0.2) is 11.5 Å². The van der Waals surface area contributed by atoms with Gasteiger partial charge in [-0.3, -0.25) is 0 Å². The molecule has 0 heterocycles. The Balaban J connectivity index is 2.19. The summed E-state index contributed by atoms with van der Waals surface area (Å²) in [4.78, 5) is 0. The van der Waals surface area contributed by atoms with Crippen LogP contribution >= 0.6 is 12.0 Å². The highest BCUT2D eigenvalue weighted by Crippen LogP contribution is 1.90. The van der Waals surface area contributed by atoms with Crippen molar-refractivity contribution < 1.29 is 14.6 Å². The van der Waals surface area contributed by atoms with Gasteiger partial charge in [-0.15, -0.1) is 4.33 Å². The molecule has 0 aliphatic rings. The quantitative estimate of drug-likeness (QED) is 0.312. The van der Waals surface area contributed by atoms with Crippen molar-refractivity contribution in [1.29, 1.82) is 0 Å². The van der Waals surface area contributed by atoms with Crippen LogP contribution in [0.2, 0.25) is 0 Å². The fourth-order valence-electron chi connectivity index (χ4n) is 0.0304. The summed E-state index contributed by atoms with van der Waals surface area (Å²) < 4.78 is 3.81. The Hall–Kier alpha value is 0.230. The Labute approximate surface area is 34.0 Å². The number of rotatable bonds is 2. The zero-order chi connectivity index (χ0) is 4.12. The molecule has 0 aliphatic heterocycles. The third kappa shape index (κ3) is 4.23. The van der Waals surface area contributed by atoms with Gasteiger partial charge in [0, 0.05) is 18.3 Å². The lowest BCUT2D eigenvalue weighted by molar-refractivity contribution is -0.432. The first kappa shape index (κ1) is 5.23. The van der Waals surface area contributed by atoms with Gasteiger partial charge in [0.25, 0.3) is 0 Å². The van der Waals surface area contributed by atoms with Crippen molar-refractivity contribution in [3.8, 4) is 0 Å². The molecule has 0 unspecified atom stereocenters. The van der Waals surface area contributed by atoms with Crippen LogP contribution in [0.3, 0.4) is 0 Å². The molecule has 0 atom stereocenters. The topological polar surface area (TPSA) is 38.7 Å². The lowest BCUT2D eigenvalue weighted by Crippen LogP contribution is -1.71. The summed E-state index contributed by atoms with van der Waals surface area (Å²) in [7, 11) is 0. The van der Waals surface area contributed by atoms with Crippen molar-refractivity contribution >= 4 is 12.0 Å². The van der Waals surface area contributed by atoms with E-state index in [-0.39, 0.29) is 0 Å². The maximum Gasteiger partial charge on any atom is 0.0311 e. The van der Waals surface area contributed by atoms with Crippen molar-refractivity contribution in [2.24, 2.45) is 0 Å². The van der Waals surface area contributed by atoms with Crippen LogP contribution in [0.5, 0.6) is 0 Å². The lowest BCUT2D eigenvalue weighted by atomic mass is 12.0. The first-order chi connectivity index (χ1) is 2.41. The summed E-state index contributed by atoms with van der Waals surface area (Å²) in [5, 5.41) is 10.5. The molecule has 0 aliphatic carbocycles. The standard InChI is InChI=1S/CH4O3S/c1-5-4-3-2/h2H,1H3. The molecule has 0 saturated carbocycles. The molecule has 0 amide bonds. The second kappa shape index (κ2) is 4.23. The molecule has 0 fully saturated rings. The third-order valence-corrected chi connectivity index (χ3v) is 0.295. The summed E-state index contributed by atoms with van der Waals surface area (Å²) in [6.07, 6.45) is 1.62. The minimum Gasteiger partial charge on any atom is -0.220 e. The van der Waals surface area contributed by atoms with Crippen LogP contribution in [-0.2, 0) is 9.37 Å². The van der Waals surface area contributed by atoms with E-state index in [1.165, 1.54) is 0 Å². The molecule has 3 nitrogen and oxygen atoms in total. The first-order valence-electron chi connectivity index (χ1n) is 0.924. The molecule has 5 heavy (non-hydrogen) atoms. The summed E-state index contributed by atoms with van der Waals surface area (Å²) in [5.74, 6) is 0. The zero-order valence-corrected chi connectivity index (χ0v) is 3.49. The zero-order valence-electron chi connectivity index (χ0n) is 2.67. The maximum atomic E-state index is 7.32. The van der Waals surface area contributed by atoms with Gasteiger partial charge < -0.3 is 0 Å². The molecule has 0 spiro atoms. The molecule has 0 saturated heterocycles.